The molecular formula is C13H15NO3S. The molecule has 1 aliphatic heterocycles. The molecular weight excluding hydrogens is 250 g/mol. The summed E-state index contributed by atoms with van der Waals surface area (Å²) >= 11 is 1.52. The van der Waals surface area contributed by atoms with Crippen molar-refractivity contribution in [3.63, 3.8) is 0 Å². The highest BCUT2D eigenvalue weighted by Gasteiger charge is 2.35. The molecule has 5 heteroatoms. The fourth-order valence-electron chi connectivity index (χ4n) is 1.96. The lowest BCUT2D eigenvalue weighted by molar-refractivity contribution is -0.136. The topological polar surface area (TPSA) is 57.6 Å². The smallest absolute Gasteiger partial charge is 0.323 e. The Bertz CT molecular complexity index is 487. The zero-order valence-electron chi connectivity index (χ0n) is 10.3. The molecule has 0 fully saturated rings. The second kappa shape index (κ2) is 5.02. The maximum absolute atomic E-state index is 12.3. The van der Waals surface area contributed by atoms with Gasteiger partial charge in [-0.1, -0.05) is 26.0 Å². The quantitative estimate of drug-likeness (QED) is 0.910. The van der Waals surface area contributed by atoms with Gasteiger partial charge in [0.2, 0.25) is 5.91 Å². The maximum Gasteiger partial charge on any atom is 0.323 e. The minimum Gasteiger partial charge on any atom is -0.480 e. The largest absolute Gasteiger partial charge is 0.480 e. The highest BCUT2D eigenvalue weighted by Crippen LogP contribution is 2.41. The zero-order valence-corrected chi connectivity index (χ0v) is 11.1. The number of rotatable bonds is 3. The van der Waals surface area contributed by atoms with E-state index in [2.05, 4.69) is 0 Å². The van der Waals surface area contributed by atoms with E-state index in [-0.39, 0.29) is 23.6 Å². The highest BCUT2D eigenvalue weighted by molar-refractivity contribution is 8.01. The van der Waals surface area contributed by atoms with Crippen molar-refractivity contribution in [1.29, 1.82) is 0 Å². The van der Waals surface area contributed by atoms with Gasteiger partial charge in [-0.05, 0) is 18.1 Å². The number of carboxylic acid groups (broad SMARTS) is 1. The number of para-hydroxylation sites is 1. The Labute approximate surface area is 110 Å². The van der Waals surface area contributed by atoms with Gasteiger partial charge in [0, 0.05) is 4.90 Å². The van der Waals surface area contributed by atoms with Gasteiger partial charge in [-0.3, -0.25) is 14.5 Å². The number of anilines is 1. The van der Waals surface area contributed by atoms with Gasteiger partial charge in [-0.15, -0.1) is 11.8 Å². The van der Waals surface area contributed by atoms with E-state index in [1.54, 1.807) is 6.07 Å². The number of benzene rings is 1. The molecule has 1 N–H and O–H groups in total. The first-order chi connectivity index (χ1) is 8.50. The number of thioether (sulfide) groups is 1. The summed E-state index contributed by atoms with van der Waals surface area (Å²) in [5.41, 5.74) is 0.701. The van der Waals surface area contributed by atoms with Crippen LogP contribution < -0.4 is 4.90 Å². The van der Waals surface area contributed by atoms with Crippen molar-refractivity contribution in [2.75, 3.05) is 11.4 Å². The molecule has 0 bridgehead atoms. The van der Waals surface area contributed by atoms with Crippen LogP contribution in [-0.2, 0) is 9.59 Å². The number of nitrogens with zero attached hydrogens (tertiary/aromatic N) is 1. The van der Waals surface area contributed by atoms with E-state index < -0.39 is 5.97 Å². The van der Waals surface area contributed by atoms with Crippen LogP contribution in [0.3, 0.4) is 0 Å². The third-order valence-corrected chi connectivity index (χ3v) is 4.42. The lowest BCUT2D eigenvalue weighted by atomic mass is 10.1. The highest BCUT2D eigenvalue weighted by atomic mass is 32.2. The number of carboxylic acids is 1. The minimum absolute atomic E-state index is 0.115. The van der Waals surface area contributed by atoms with Gasteiger partial charge < -0.3 is 5.11 Å². The summed E-state index contributed by atoms with van der Waals surface area (Å²) in [5.74, 6) is -0.934. The summed E-state index contributed by atoms with van der Waals surface area (Å²) in [6.45, 7) is 3.67. The Morgan fingerprint density at radius 2 is 2.11 bits per heavy atom. The molecule has 0 aliphatic carbocycles. The Morgan fingerprint density at radius 1 is 1.44 bits per heavy atom. The lowest BCUT2D eigenvalue weighted by Crippen LogP contribution is -2.45. The van der Waals surface area contributed by atoms with Crippen molar-refractivity contribution >= 4 is 29.3 Å². The molecule has 1 aliphatic rings. The normalized spacial score (nSPS) is 18.9. The summed E-state index contributed by atoms with van der Waals surface area (Å²) in [6, 6.07) is 7.44. The monoisotopic (exact) mass is 265 g/mol. The summed E-state index contributed by atoms with van der Waals surface area (Å²) in [6.07, 6.45) is 0. The van der Waals surface area contributed by atoms with Crippen molar-refractivity contribution in [2.24, 2.45) is 5.92 Å². The van der Waals surface area contributed by atoms with Gasteiger partial charge in [-0.2, -0.15) is 0 Å². The van der Waals surface area contributed by atoms with Crippen LogP contribution in [0.4, 0.5) is 5.69 Å². The molecule has 1 unspecified atom stereocenters. The molecule has 1 aromatic carbocycles. The van der Waals surface area contributed by atoms with Crippen molar-refractivity contribution in [1.82, 2.24) is 0 Å². The van der Waals surface area contributed by atoms with Crippen LogP contribution in [0.5, 0.6) is 0 Å². The number of carbonyl (C=O) groups is 2. The Hall–Kier alpha value is -1.49. The molecule has 0 aromatic heterocycles. The molecule has 4 nitrogen and oxygen atoms in total. The summed E-state index contributed by atoms with van der Waals surface area (Å²) in [4.78, 5) is 25.5. The molecule has 96 valence electrons. The summed E-state index contributed by atoms with van der Waals surface area (Å²) < 4.78 is 0. The molecule has 1 amide bonds. The molecule has 1 atom stereocenters. The molecule has 0 radical (unpaired) electrons. The molecule has 1 heterocycles. The SMILES string of the molecule is CC(C)C1Sc2ccccc2N(CC(=O)O)C1=O. The van der Waals surface area contributed by atoms with Crippen molar-refractivity contribution in [3.05, 3.63) is 24.3 Å². The lowest BCUT2D eigenvalue weighted by Gasteiger charge is -2.34. The zero-order chi connectivity index (χ0) is 13.3. The van der Waals surface area contributed by atoms with Gasteiger partial charge in [-0.25, -0.2) is 0 Å². The third kappa shape index (κ3) is 2.36. The standard InChI is InChI=1S/C13H15NO3S/c1-8(2)12-13(17)14(7-11(15)16)9-5-3-4-6-10(9)18-12/h3-6,8,12H,7H2,1-2H3,(H,15,16). The van der Waals surface area contributed by atoms with Crippen LogP contribution >= 0.6 is 11.8 Å². The van der Waals surface area contributed by atoms with E-state index in [0.29, 0.717) is 5.69 Å². The number of fused-ring (bicyclic) bond motifs is 1. The Kier molecular flexibility index (Phi) is 3.61. The second-order valence-electron chi connectivity index (χ2n) is 4.57. The number of carbonyl (C=O) groups excluding carboxylic acids is 1. The first kappa shape index (κ1) is 13.0. The average molecular weight is 265 g/mol. The molecule has 1 aromatic rings. The van der Waals surface area contributed by atoms with Crippen molar-refractivity contribution < 1.29 is 14.7 Å². The number of hydrogen-bond acceptors (Lipinski definition) is 3. The molecule has 0 spiro atoms. The van der Waals surface area contributed by atoms with Crippen LogP contribution in [0.2, 0.25) is 0 Å². The molecule has 0 saturated heterocycles. The number of hydrogen-bond donors (Lipinski definition) is 1. The first-order valence-corrected chi connectivity index (χ1v) is 6.67. The van der Waals surface area contributed by atoms with Gasteiger partial charge in [0.1, 0.15) is 6.54 Å². The Morgan fingerprint density at radius 3 is 2.72 bits per heavy atom. The molecule has 0 saturated carbocycles. The van der Waals surface area contributed by atoms with Crippen LogP contribution in [0.15, 0.2) is 29.2 Å². The predicted octanol–water partition coefficient (Wildman–Crippen LogP) is 2.23. The van der Waals surface area contributed by atoms with Crippen LogP contribution in [-0.4, -0.2) is 28.8 Å². The van der Waals surface area contributed by atoms with Gasteiger partial charge in [0.05, 0.1) is 10.9 Å². The fourth-order valence-corrected chi connectivity index (χ4v) is 3.19. The third-order valence-electron chi connectivity index (χ3n) is 2.82. The summed E-state index contributed by atoms with van der Waals surface area (Å²) in [7, 11) is 0. The van der Waals surface area contributed by atoms with E-state index in [0.717, 1.165) is 4.90 Å². The van der Waals surface area contributed by atoms with E-state index in [4.69, 9.17) is 5.11 Å². The molecule has 18 heavy (non-hydrogen) atoms. The average Bonchev–Trinajstić information content (AvgIpc) is 2.31. The van der Waals surface area contributed by atoms with E-state index in [1.165, 1.54) is 16.7 Å². The first-order valence-electron chi connectivity index (χ1n) is 5.79. The van der Waals surface area contributed by atoms with E-state index >= 15 is 0 Å². The minimum atomic E-state index is -0.993. The maximum atomic E-state index is 12.3. The number of aliphatic carboxylic acids is 1. The number of amides is 1. The van der Waals surface area contributed by atoms with Gasteiger partial charge in [0.15, 0.2) is 0 Å². The van der Waals surface area contributed by atoms with Gasteiger partial charge >= 0.3 is 5.97 Å². The van der Waals surface area contributed by atoms with Crippen molar-refractivity contribution in [3.8, 4) is 0 Å². The van der Waals surface area contributed by atoms with Gasteiger partial charge in [0.25, 0.3) is 0 Å². The molecule has 2 rings (SSSR count). The van der Waals surface area contributed by atoms with Crippen LogP contribution in [0.1, 0.15) is 13.8 Å². The van der Waals surface area contributed by atoms with Crippen LogP contribution in [0, 0.1) is 5.92 Å². The Balaban J connectivity index is 2.42. The van der Waals surface area contributed by atoms with E-state index in [1.807, 2.05) is 32.0 Å². The predicted molar refractivity (Wildman–Crippen MR) is 70.9 cm³/mol. The van der Waals surface area contributed by atoms with Crippen molar-refractivity contribution in [2.45, 2.75) is 24.0 Å². The summed E-state index contributed by atoms with van der Waals surface area (Å²) in [5, 5.41) is 8.72. The van der Waals surface area contributed by atoms with Crippen LogP contribution in [0.25, 0.3) is 0 Å². The second-order valence-corrected chi connectivity index (χ2v) is 5.75. The van der Waals surface area contributed by atoms with E-state index in [9.17, 15) is 9.59 Å². The fraction of sp³-hybridized carbons (Fsp3) is 0.385.